The van der Waals surface area contributed by atoms with Gasteiger partial charge in [0.05, 0.1) is 13.3 Å². The number of rotatable bonds is 6. The molecule has 1 aromatic heterocycles. The molecule has 1 rings (SSSR count). The van der Waals surface area contributed by atoms with Gasteiger partial charge in [0.15, 0.2) is 5.13 Å². The molecule has 0 atom stereocenters. The van der Waals surface area contributed by atoms with Crippen molar-refractivity contribution in [2.45, 2.75) is 26.2 Å². The van der Waals surface area contributed by atoms with Gasteiger partial charge in [-0.05, 0) is 6.42 Å². The summed E-state index contributed by atoms with van der Waals surface area (Å²) < 4.78 is 4.60. The van der Waals surface area contributed by atoms with Gasteiger partial charge in [-0.15, -0.1) is 0 Å². The van der Waals surface area contributed by atoms with Crippen LogP contribution in [0.3, 0.4) is 0 Å². The number of nitrogens with zero attached hydrogens (tertiary/aromatic N) is 1. The maximum Gasteiger partial charge on any atom is 0.349 e. The van der Waals surface area contributed by atoms with Crippen LogP contribution in [0.2, 0.25) is 0 Å². The number of thiazole rings is 1. The third-order valence-electron chi connectivity index (χ3n) is 1.95. The summed E-state index contributed by atoms with van der Waals surface area (Å²) in [6.45, 7) is 3.07. The summed E-state index contributed by atoms with van der Waals surface area (Å²) in [6, 6.07) is 0. The average Bonchev–Trinajstić information content (AvgIpc) is 2.72. The van der Waals surface area contributed by atoms with Crippen molar-refractivity contribution in [2.24, 2.45) is 0 Å². The second kappa shape index (κ2) is 6.40. The molecule has 0 amide bonds. The first kappa shape index (κ1) is 12.0. The molecule has 1 N–H and O–H groups in total. The zero-order valence-electron chi connectivity index (χ0n) is 9.08. The van der Waals surface area contributed by atoms with Crippen molar-refractivity contribution in [2.75, 3.05) is 19.0 Å². The van der Waals surface area contributed by atoms with Gasteiger partial charge in [0.25, 0.3) is 0 Å². The van der Waals surface area contributed by atoms with Gasteiger partial charge in [0.1, 0.15) is 4.88 Å². The number of carbonyl (C=O) groups excluding carboxylic acids is 1. The highest BCUT2D eigenvalue weighted by Gasteiger charge is 2.09. The van der Waals surface area contributed by atoms with E-state index in [1.54, 1.807) is 6.20 Å². The zero-order valence-corrected chi connectivity index (χ0v) is 9.89. The molecule has 0 saturated heterocycles. The fourth-order valence-electron chi connectivity index (χ4n) is 1.12. The SMILES string of the molecule is CCCCCNc1ncc(C(=O)OC)s1. The lowest BCUT2D eigenvalue weighted by Crippen LogP contribution is -2.00. The van der Waals surface area contributed by atoms with Crippen LogP contribution in [0.5, 0.6) is 0 Å². The van der Waals surface area contributed by atoms with Crippen molar-refractivity contribution < 1.29 is 9.53 Å². The van der Waals surface area contributed by atoms with Crippen LogP contribution >= 0.6 is 11.3 Å². The predicted octanol–water partition coefficient (Wildman–Crippen LogP) is 2.53. The molecular formula is C10H16N2O2S. The molecule has 0 radical (unpaired) electrons. The number of hydrogen-bond acceptors (Lipinski definition) is 5. The topological polar surface area (TPSA) is 51.2 Å². The summed E-state index contributed by atoms with van der Waals surface area (Å²) in [5, 5.41) is 3.96. The number of nitrogens with one attached hydrogen (secondary N) is 1. The number of ether oxygens (including phenoxy) is 1. The lowest BCUT2D eigenvalue weighted by Gasteiger charge is -2.00. The molecule has 1 heterocycles. The van der Waals surface area contributed by atoms with E-state index in [9.17, 15) is 4.79 Å². The highest BCUT2D eigenvalue weighted by Crippen LogP contribution is 2.18. The number of anilines is 1. The Morgan fingerprint density at radius 2 is 2.40 bits per heavy atom. The molecule has 0 aliphatic rings. The van der Waals surface area contributed by atoms with E-state index in [2.05, 4.69) is 22.0 Å². The molecular weight excluding hydrogens is 212 g/mol. The minimum Gasteiger partial charge on any atom is -0.465 e. The Hall–Kier alpha value is -1.10. The molecule has 0 spiro atoms. The number of esters is 1. The van der Waals surface area contributed by atoms with Crippen molar-refractivity contribution in [3.05, 3.63) is 11.1 Å². The van der Waals surface area contributed by atoms with E-state index >= 15 is 0 Å². The van der Waals surface area contributed by atoms with Crippen LogP contribution in [0.1, 0.15) is 35.9 Å². The average molecular weight is 228 g/mol. The van der Waals surface area contributed by atoms with Gasteiger partial charge in [0.2, 0.25) is 0 Å². The van der Waals surface area contributed by atoms with E-state index in [4.69, 9.17) is 0 Å². The molecule has 84 valence electrons. The normalized spacial score (nSPS) is 10.0. The van der Waals surface area contributed by atoms with Gasteiger partial charge in [-0.25, -0.2) is 9.78 Å². The Bertz CT molecular complexity index is 312. The Kier molecular flexibility index (Phi) is 5.10. The van der Waals surface area contributed by atoms with Crippen LogP contribution < -0.4 is 5.32 Å². The molecule has 0 unspecified atom stereocenters. The standard InChI is InChI=1S/C10H16N2O2S/c1-3-4-5-6-11-10-12-7-8(15-10)9(13)14-2/h7H,3-6H2,1-2H3,(H,11,12). The van der Waals surface area contributed by atoms with Gasteiger partial charge in [-0.3, -0.25) is 0 Å². The number of carbonyl (C=O) groups is 1. The summed E-state index contributed by atoms with van der Waals surface area (Å²) in [5.74, 6) is -0.325. The molecule has 15 heavy (non-hydrogen) atoms. The maximum absolute atomic E-state index is 11.1. The Balaban J connectivity index is 2.36. The van der Waals surface area contributed by atoms with Crippen molar-refractivity contribution >= 4 is 22.4 Å². The minimum absolute atomic E-state index is 0.325. The third-order valence-corrected chi connectivity index (χ3v) is 2.88. The zero-order chi connectivity index (χ0) is 11.1. The third kappa shape index (κ3) is 3.87. The fraction of sp³-hybridized carbons (Fsp3) is 0.600. The molecule has 0 aromatic carbocycles. The predicted molar refractivity (Wildman–Crippen MR) is 61.5 cm³/mol. The lowest BCUT2D eigenvalue weighted by atomic mass is 10.2. The van der Waals surface area contributed by atoms with E-state index in [0.29, 0.717) is 4.88 Å². The van der Waals surface area contributed by atoms with Crippen molar-refractivity contribution in [3.63, 3.8) is 0 Å². The van der Waals surface area contributed by atoms with E-state index in [1.807, 2.05) is 0 Å². The van der Waals surface area contributed by atoms with E-state index in [-0.39, 0.29) is 5.97 Å². The first-order valence-corrected chi connectivity index (χ1v) is 5.87. The number of aromatic nitrogens is 1. The van der Waals surface area contributed by atoms with Crippen LogP contribution in [-0.4, -0.2) is 24.6 Å². The molecule has 0 aliphatic heterocycles. The molecule has 0 fully saturated rings. The molecule has 0 bridgehead atoms. The van der Waals surface area contributed by atoms with Crippen LogP contribution in [0, 0.1) is 0 Å². The summed E-state index contributed by atoms with van der Waals surface area (Å²) in [5.41, 5.74) is 0. The smallest absolute Gasteiger partial charge is 0.349 e. The van der Waals surface area contributed by atoms with Gasteiger partial charge >= 0.3 is 5.97 Å². The van der Waals surface area contributed by atoms with Crippen molar-refractivity contribution in [3.8, 4) is 0 Å². The highest BCUT2D eigenvalue weighted by atomic mass is 32.1. The number of hydrogen-bond donors (Lipinski definition) is 1. The first-order chi connectivity index (χ1) is 7.27. The summed E-state index contributed by atoms with van der Waals surface area (Å²) >= 11 is 1.33. The first-order valence-electron chi connectivity index (χ1n) is 5.06. The summed E-state index contributed by atoms with van der Waals surface area (Å²) in [6.07, 6.45) is 5.08. The largest absolute Gasteiger partial charge is 0.465 e. The lowest BCUT2D eigenvalue weighted by molar-refractivity contribution is 0.0606. The van der Waals surface area contributed by atoms with Crippen molar-refractivity contribution in [1.29, 1.82) is 0 Å². The summed E-state index contributed by atoms with van der Waals surface area (Å²) in [7, 11) is 1.37. The molecule has 0 aliphatic carbocycles. The van der Waals surface area contributed by atoms with Gasteiger partial charge in [-0.1, -0.05) is 31.1 Å². The highest BCUT2D eigenvalue weighted by molar-refractivity contribution is 7.17. The van der Waals surface area contributed by atoms with E-state index in [1.165, 1.54) is 31.3 Å². The number of methoxy groups -OCH3 is 1. The van der Waals surface area contributed by atoms with Crippen molar-refractivity contribution in [1.82, 2.24) is 4.98 Å². The second-order valence-corrected chi connectivity index (χ2v) is 4.19. The van der Waals surface area contributed by atoms with Gasteiger partial charge in [0, 0.05) is 6.54 Å². The number of unbranched alkanes of at least 4 members (excludes halogenated alkanes) is 2. The van der Waals surface area contributed by atoms with E-state index < -0.39 is 0 Å². The second-order valence-electron chi connectivity index (χ2n) is 3.16. The Morgan fingerprint density at radius 1 is 1.60 bits per heavy atom. The van der Waals surface area contributed by atoms with Crippen LogP contribution in [0.15, 0.2) is 6.20 Å². The van der Waals surface area contributed by atoms with Crippen LogP contribution in [-0.2, 0) is 4.74 Å². The van der Waals surface area contributed by atoms with Gasteiger partial charge < -0.3 is 10.1 Å². The van der Waals surface area contributed by atoms with E-state index in [0.717, 1.165) is 18.1 Å². The maximum atomic E-state index is 11.1. The van der Waals surface area contributed by atoms with Crippen LogP contribution in [0.25, 0.3) is 0 Å². The quantitative estimate of drug-likeness (QED) is 0.600. The molecule has 0 saturated carbocycles. The minimum atomic E-state index is -0.325. The Labute approximate surface area is 93.7 Å². The molecule has 1 aromatic rings. The Morgan fingerprint density at radius 3 is 3.07 bits per heavy atom. The molecule has 5 heteroatoms. The van der Waals surface area contributed by atoms with Crippen LogP contribution in [0.4, 0.5) is 5.13 Å². The van der Waals surface area contributed by atoms with Gasteiger partial charge in [-0.2, -0.15) is 0 Å². The summed E-state index contributed by atoms with van der Waals surface area (Å²) in [4.78, 5) is 15.8. The monoisotopic (exact) mass is 228 g/mol. The fourth-order valence-corrected chi connectivity index (χ4v) is 1.88. The molecule has 4 nitrogen and oxygen atoms in total.